The van der Waals surface area contributed by atoms with E-state index in [2.05, 4.69) is 67.3 Å². The predicted molar refractivity (Wildman–Crippen MR) is 142 cm³/mol. The molecule has 8 heteroatoms. The topological polar surface area (TPSA) is 79.3 Å². The number of aromatic nitrogens is 4. The summed E-state index contributed by atoms with van der Waals surface area (Å²) in [6.45, 7) is 9.54. The van der Waals surface area contributed by atoms with E-state index in [1.165, 1.54) is 16.8 Å². The van der Waals surface area contributed by atoms with Gasteiger partial charge in [0.15, 0.2) is 0 Å². The van der Waals surface area contributed by atoms with Crippen molar-refractivity contribution in [1.82, 2.24) is 24.8 Å². The quantitative estimate of drug-likeness (QED) is 0.447. The molecule has 4 aromatic rings. The Kier molecular flexibility index (Phi) is 6.44. The molecule has 1 N–H and O–H groups in total. The van der Waals surface area contributed by atoms with Gasteiger partial charge in [0.25, 0.3) is 0 Å². The van der Waals surface area contributed by atoms with Crippen LogP contribution in [0.4, 0.5) is 11.5 Å². The van der Waals surface area contributed by atoms with Crippen LogP contribution in [0.3, 0.4) is 0 Å². The maximum Gasteiger partial charge on any atom is 0.140 e. The van der Waals surface area contributed by atoms with E-state index in [0.717, 1.165) is 92.4 Å². The Balaban J connectivity index is 1.24. The van der Waals surface area contributed by atoms with Crippen molar-refractivity contribution in [2.45, 2.75) is 19.9 Å². The number of ether oxygens (including phenoxy) is 1. The lowest BCUT2D eigenvalue weighted by Crippen LogP contribution is -2.39. The molecule has 0 spiro atoms. The van der Waals surface area contributed by atoms with Gasteiger partial charge in [0.2, 0.25) is 0 Å². The van der Waals surface area contributed by atoms with Crippen LogP contribution in [0.2, 0.25) is 0 Å². The van der Waals surface area contributed by atoms with Crippen molar-refractivity contribution in [3.63, 3.8) is 0 Å². The zero-order chi connectivity index (χ0) is 24.3. The smallest absolute Gasteiger partial charge is 0.140 e. The second kappa shape index (κ2) is 10.2. The number of hydrogen-bond acceptors (Lipinski definition) is 8. The van der Waals surface area contributed by atoms with Gasteiger partial charge in [-0.25, -0.2) is 9.97 Å². The number of nitrogens with zero attached hydrogens (tertiary/aromatic N) is 6. The summed E-state index contributed by atoms with van der Waals surface area (Å²) in [5, 5.41) is 4.68. The van der Waals surface area contributed by atoms with E-state index in [1.807, 2.05) is 0 Å². The van der Waals surface area contributed by atoms with E-state index < -0.39 is 0 Å². The minimum absolute atomic E-state index is 0.828. The van der Waals surface area contributed by atoms with Gasteiger partial charge < -0.3 is 15.0 Å². The minimum Gasteiger partial charge on any atom is -0.384 e. The van der Waals surface area contributed by atoms with Gasteiger partial charge in [-0.15, -0.1) is 0 Å². The standard InChI is InChI=1S/C28H31N7O/c1-20-14-22(26-17-29-5-6-31-26)16-25-27(20)32-19-33-28(25)35-8-4-21-2-3-24(15-23(21)18-35)30-7-9-34-10-12-36-13-11-34/h2-3,5-6,14-17,19,30H,4,7-13,18H2,1H3. The maximum atomic E-state index is 5.45. The summed E-state index contributed by atoms with van der Waals surface area (Å²) in [5.74, 6) is 0.977. The van der Waals surface area contributed by atoms with Gasteiger partial charge in [-0.3, -0.25) is 14.9 Å². The predicted octanol–water partition coefficient (Wildman–Crippen LogP) is 3.70. The van der Waals surface area contributed by atoms with E-state index in [0.29, 0.717) is 0 Å². The summed E-state index contributed by atoms with van der Waals surface area (Å²) in [5.41, 5.74) is 7.93. The highest BCUT2D eigenvalue weighted by Gasteiger charge is 2.21. The van der Waals surface area contributed by atoms with E-state index in [1.54, 1.807) is 24.9 Å². The third-order valence-electron chi connectivity index (χ3n) is 7.15. The van der Waals surface area contributed by atoms with Crippen molar-refractivity contribution in [3.05, 3.63) is 71.9 Å². The molecule has 0 bridgehead atoms. The lowest BCUT2D eigenvalue weighted by atomic mass is 9.98. The lowest BCUT2D eigenvalue weighted by molar-refractivity contribution is 0.0398. The van der Waals surface area contributed by atoms with E-state index >= 15 is 0 Å². The molecule has 0 radical (unpaired) electrons. The molecule has 0 saturated carbocycles. The van der Waals surface area contributed by atoms with E-state index in [-0.39, 0.29) is 0 Å². The fourth-order valence-electron chi connectivity index (χ4n) is 5.21. The monoisotopic (exact) mass is 481 g/mol. The highest BCUT2D eigenvalue weighted by molar-refractivity contribution is 5.94. The van der Waals surface area contributed by atoms with Crippen LogP contribution in [0.15, 0.2) is 55.2 Å². The van der Waals surface area contributed by atoms with Crippen LogP contribution in [-0.4, -0.2) is 70.8 Å². The summed E-state index contributed by atoms with van der Waals surface area (Å²) < 4.78 is 5.45. The number of anilines is 2. The SMILES string of the molecule is Cc1cc(-c2cnccn2)cc2c(N3CCc4ccc(NCCN5CCOCC5)cc4C3)ncnc12. The Hall–Kier alpha value is -3.62. The fraction of sp³-hybridized carbons (Fsp3) is 0.357. The normalized spacial score (nSPS) is 16.2. The summed E-state index contributed by atoms with van der Waals surface area (Å²) in [4.78, 5) is 22.9. The Bertz CT molecular complexity index is 1360. The lowest BCUT2D eigenvalue weighted by Gasteiger charge is -2.31. The van der Waals surface area contributed by atoms with Gasteiger partial charge in [0.05, 0.1) is 30.6 Å². The summed E-state index contributed by atoms with van der Waals surface area (Å²) >= 11 is 0. The van der Waals surface area contributed by atoms with Crippen LogP contribution >= 0.6 is 0 Å². The first-order chi connectivity index (χ1) is 17.7. The zero-order valence-electron chi connectivity index (χ0n) is 20.7. The van der Waals surface area contributed by atoms with Gasteiger partial charge in [-0.1, -0.05) is 6.07 Å². The summed E-state index contributed by atoms with van der Waals surface area (Å²) in [7, 11) is 0. The highest BCUT2D eigenvalue weighted by atomic mass is 16.5. The zero-order valence-corrected chi connectivity index (χ0v) is 20.7. The van der Waals surface area contributed by atoms with Crippen molar-refractivity contribution in [1.29, 1.82) is 0 Å². The molecular weight excluding hydrogens is 450 g/mol. The Morgan fingerprint density at radius 2 is 1.89 bits per heavy atom. The van der Waals surface area contributed by atoms with Crippen molar-refractivity contribution >= 4 is 22.4 Å². The van der Waals surface area contributed by atoms with Crippen molar-refractivity contribution in [2.75, 3.05) is 56.2 Å². The number of aryl methyl sites for hydroxylation is 1. The molecule has 0 amide bonds. The number of nitrogens with one attached hydrogen (secondary N) is 1. The van der Waals surface area contributed by atoms with Gasteiger partial charge in [-0.05, 0) is 54.3 Å². The average Bonchev–Trinajstić information content (AvgIpc) is 2.93. The molecule has 36 heavy (non-hydrogen) atoms. The van der Waals surface area contributed by atoms with Crippen LogP contribution in [-0.2, 0) is 17.7 Å². The highest BCUT2D eigenvalue weighted by Crippen LogP contribution is 2.33. The van der Waals surface area contributed by atoms with Crippen LogP contribution in [0.5, 0.6) is 0 Å². The first-order valence-corrected chi connectivity index (χ1v) is 12.7. The van der Waals surface area contributed by atoms with E-state index in [4.69, 9.17) is 9.72 Å². The minimum atomic E-state index is 0.828. The second-order valence-electron chi connectivity index (χ2n) is 9.51. The third-order valence-corrected chi connectivity index (χ3v) is 7.15. The maximum absolute atomic E-state index is 5.45. The summed E-state index contributed by atoms with van der Waals surface area (Å²) in [6.07, 6.45) is 7.91. The largest absolute Gasteiger partial charge is 0.384 e. The fourth-order valence-corrected chi connectivity index (χ4v) is 5.21. The number of fused-ring (bicyclic) bond motifs is 2. The van der Waals surface area contributed by atoms with Gasteiger partial charge in [-0.2, -0.15) is 0 Å². The molecule has 2 aromatic heterocycles. The van der Waals surface area contributed by atoms with Gasteiger partial charge >= 0.3 is 0 Å². The molecule has 2 aliphatic heterocycles. The van der Waals surface area contributed by atoms with Crippen LogP contribution < -0.4 is 10.2 Å². The van der Waals surface area contributed by atoms with Crippen LogP contribution in [0, 0.1) is 6.92 Å². The van der Waals surface area contributed by atoms with Crippen molar-refractivity contribution < 1.29 is 4.74 Å². The Morgan fingerprint density at radius 3 is 2.75 bits per heavy atom. The molecule has 0 atom stereocenters. The summed E-state index contributed by atoms with van der Waals surface area (Å²) in [6, 6.07) is 11.1. The average molecular weight is 482 g/mol. The molecule has 0 unspecified atom stereocenters. The Labute approximate surface area is 211 Å². The molecule has 8 nitrogen and oxygen atoms in total. The molecular formula is C28H31N7O. The van der Waals surface area contributed by atoms with Gasteiger partial charge in [0.1, 0.15) is 12.1 Å². The van der Waals surface area contributed by atoms with Crippen LogP contribution in [0.1, 0.15) is 16.7 Å². The number of rotatable bonds is 6. The molecule has 1 fully saturated rings. The first kappa shape index (κ1) is 22.8. The number of hydrogen-bond donors (Lipinski definition) is 1. The van der Waals surface area contributed by atoms with Gasteiger partial charge in [0, 0.05) is 68.3 Å². The molecule has 4 heterocycles. The molecule has 2 aromatic carbocycles. The van der Waals surface area contributed by atoms with E-state index in [9.17, 15) is 0 Å². The molecule has 2 aliphatic rings. The van der Waals surface area contributed by atoms with Crippen molar-refractivity contribution in [2.24, 2.45) is 0 Å². The Morgan fingerprint density at radius 1 is 0.972 bits per heavy atom. The molecule has 184 valence electrons. The molecule has 6 rings (SSSR count). The molecule has 0 aliphatic carbocycles. The third kappa shape index (κ3) is 4.74. The number of benzene rings is 2. The molecule has 1 saturated heterocycles. The van der Waals surface area contributed by atoms with Crippen molar-refractivity contribution in [3.8, 4) is 11.3 Å². The number of morpholine rings is 1. The second-order valence-corrected chi connectivity index (χ2v) is 9.51. The van der Waals surface area contributed by atoms with Crippen LogP contribution in [0.25, 0.3) is 22.2 Å². The first-order valence-electron chi connectivity index (χ1n) is 12.7.